The highest BCUT2D eigenvalue weighted by Crippen LogP contribution is 2.42. The molecule has 0 aromatic heterocycles. The second kappa shape index (κ2) is 3.72. The first kappa shape index (κ1) is 10.3. The van der Waals surface area contributed by atoms with Gasteiger partial charge in [0.15, 0.2) is 0 Å². The van der Waals surface area contributed by atoms with Crippen LogP contribution in [0.25, 0.3) is 0 Å². The van der Waals surface area contributed by atoms with Gasteiger partial charge in [-0.1, -0.05) is 28.1 Å². The Balaban J connectivity index is 2.42. The van der Waals surface area contributed by atoms with E-state index < -0.39 is 5.54 Å². The molecule has 2 rings (SSSR count). The molecule has 0 heterocycles. The van der Waals surface area contributed by atoms with Gasteiger partial charge in [0.25, 0.3) is 0 Å². The lowest BCUT2D eigenvalue weighted by Crippen LogP contribution is -2.39. The quantitative estimate of drug-likeness (QED) is 0.609. The van der Waals surface area contributed by atoms with Crippen molar-refractivity contribution in [1.29, 1.82) is 0 Å². The lowest BCUT2D eigenvalue weighted by atomic mass is 9.71. The van der Waals surface area contributed by atoms with Crippen LogP contribution in [0.1, 0.15) is 18.4 Å². The van der Waals surface area contributed by atoms with Crippen LogP contribution in [0.4, 0.5) is 0 Å². The van der Waals surface area contributed by atoms with Crippen molar-refractivity contribution in [3.63, 3.8) is 0 Å². The summed E-state index contributed by atoms with van der Waals surface area (Å²) in [5.74, 6) is 0.133. The summed E-state index contributed by atoms with van der Waals surface area (Å²) in [4.78, 5) is 25.2. The van der Waals surface area contributed by atoms with E-state index in [0.717, 1.165) is 10.0 Å². The van der Waals surface area contributed by atoms with E-state index in [9.17, 15) is 9.59 Å². The summed E-state index contributed by atoms with van der Waals surface area (Å²) in [6.07, 6.45) is 2.16. The van der Waals surface area contributed by atoms with Crippen LogP contribution in [0.5, 0.6) is 0 Å². The molecule has 1 aromatic carbocycles. The average Bonchev–Trinajstić information content (AvgIpc) is 2.15. The number of aliphatic imine (C=N–C) groups is 1. The number of carbonyl (C=O) groups excluding carboxylic acids is 2. The van der Waals surface area contributed by atoms with Crippen LogP contribution in [0.15, 0.2) is 33.7 Å². The summed E-state index contributed by atoms with van der Waals surface area (Å²) in [5, 5.41) is 0. The van der Waals surface area contributed by atoms with Crippen LogP contribution in [-0.2, 0) is 15.1 Å². The van der Waals surface area contributed by atoms with E-state index in [-0.39, 0.29) is 5.78 Å². The number of hydrogen-bond donors (Lipinski definition) is 0. The lowest BCUT2D eigenvalue weighted by Gasteiger charge is -2.35. The van der Waals surface area contributed by atoms with Gasteiger partial charge in [-0.05, 0) is 17.7 Å². The third-order valence-corrected chi connectivity index (χ3v) is 3.09. The van der Waals surface area contributed by atoms with Crippen LogP contribution in [0.2, 0.25) is 0 Å². The number of Topliss-reactive ketones (excluding diaryl/α,β-unsaturated/α-hetero) is 1. The normalized spacial score (nSPS) is 17.8. The average molecular weight is 266 g/mol. The van der Waals surface area contributed by atoms with Crippen LogP contribution in [0, 0.1) is 0 Å². The smallest absolute Gasteiger partial charge is 0.235 e. The fourth-order valence-electron chi connectivity index (χ4n) is 1.81. The van der Waals surface area contributed by atoms with Gasteiger partial charge in [0, 0.05) is 17.3 Å². The summed E-state index contributed by atoms with van der Waals surface area (Å²) in [7, 11) is 0. The van der Waals surface area contributed by atoms with E-state index in [2.05, 4.69) is 20.9 Å². The Morgan fingerprint density at radius 2 is 2.13 bits per heavy atom. The molecule has 0 atom stereocenters. The van der Waals surface area contributed by atoms with Crippen LogP contribution < -0.4 is 0 Å². The molecular weight excluding hydrogens is 258 g/mol. The molecule has 0 radical (unpaired) electrons. The fraction of sp³-hybridized carbons (Fsp3) is 0.273. The summed E-state index contributed by atoms with van der Waals surface area (Å²) in [5.41, 5.74) is 0.239. The minimum absolute atomic E-state index is 0.133. The van der Waals surface area contributed by atoms with E-state index >= 15 is 0 Å². The van der Waals surface area contributed by atoms with Crippen molar-refractivity contribution < 1.29 is 9.59 Å². The van der Waals surface area contributed by atoms with Gasteiger partial charge in [-0.2, -0.15) is 4.99 Å². The van der Waals surface area contributed by atoms with Gasteiger partial charge in [0.05, 0.1) is 0 Å². The molecule has 0 unspecified atom stereocenters. The Morgan fingerprint density at radius 1 is 1.40 bits per heavy atom. The minimum atomic E-state index is -0.650. The maximum atomic E-state index is 11.0. The Morgan fingerprint density at radius 3 is 2.67 bits per heavy atom. The number of nitrogens with zero attached hydrogens (tertiary/aromatic N) is 1. The Bertz CT molecular complexity index is 455. The van der Waals surface area contributed by atoms with Crippen molar-refractivity contribution in [2.24, 2.45) is 4.99 Å². The Hall–Kier alpha value is -1.25. The van der Waals surface area contributed by atoms with E-state index in [0.29, 0.717) is 12.8 Å². The van der Waals surface area contributed by atoms with Gasteiger partial charge >= 0.3 is 0 Å². The van der Waals surface area contributed by atoms with Gasteiger partial charge < -0.3 is 0 Å². The highest BCUT2D eigenvalue weighted by molar-refractivity contribution is 9.10. The molecule has 76 valence electrons. The number of isocyanates is 1. The Labute approximate surface area is 95.3 Å². The lowest BCUT2D eigenvalue weighted by molar-refractivity contribution is -0.128. The minimum Gasteiger partial charge on any atom is -0.299 e. The topological polar surface area (TPSA) is 46.5 Å². The molecule has 0 amide bonds. The van der Waals surface area contributed by atoms with Crippen molar-refractivity contribution >= 4 is 27.8 Å². The summed E-state index contributed by atoms with van der Waals surface area (Å²) in [6.45, 7) is 0. The van der Waals surface area contributed by atoms with Gasteiger partial charge in [0.2, 0.25) is 6.08 Å². The van der Waals surface area contributed by atoms with E-state index in [1.165, 1.54) is 0 Å². The first-order valence-corrected chi connectivity index (χ1v) is 5.32. The first-order chi connectivity index (χ1) is 7.16. The van der Waals surface area contributed by atoms with E-state index in [1.54, 1.807) is 6.08 Å². The zero-order chi connectivity index (χ0) is 10.9. The molecule has 0 bridgehead atoms. The van der Waals surface area contributed by atoms with Crippen LogP contribution in [0.3, 0.4) is 0 Å². The summed E-state index contributed by atoms with van der Waals surface area (Å²) >= 11 is 3.35. The van der Waals surface area contributed by atoms with Crippen LogP contribution >= 0.6 is 15.9 Å². The zero-order valence-corrected chi connectivity index (χ0v) is 9.45. The predicted octanol–water partition coefficient (Wildman–Crippen LogP) is 2.34. The molecule has 1 aromatic rings. The monoisotopic (exact) mass is 265 g/mol. The predicted molar refractivity (Wildman–Crippen MR) is 58.2 cm³/mol. The van der Waals surface area contributed by atoms with E-state index in [4.69, 9.17) is 0 Å². The number of rotatable bonds is 2. The number of ketones is 1. The number of hydrogen-bond acceptors (Lipinski definition) is 3. The molecule has 0 N–H and O–H groups in total. The highest BCUT2D eigenvalue weighted by atomic mass is 79.9. The molecular formula is C11H8BrNO2. The SMILES string of the molecule is O=C=NC1(c2cccc(Br)c2)CC(=O)C1. The third kappa shape index (κ3) is 1.78. The molecule has 4 heteroatoms. The second-order valence-corrected chi connectivity index (χ2v) is 4.55. The molecule has 0 spiro atoms. The molecule has 1 aliphatic rings. The van der Waals surface area contributed by atoms with E-state index in [1.807, 2.05) is 24.3 Å². The summed E-state index contributed by atoms with van der Waals surface area (Å²) in [6, 6.07) is 7.51. The largest absolute Gasteiger partial charge is 0.299 e. The number of halogens is 1. The third-order valence-electron chi connectivity index (χ3n) is 2.60. The van der Waals surface area contributed by atoms with Gasteiger partial charge in [-0.25, -0.2) is 4.79 Å². The first-order valence-electron chi connectivity index (χ1n) is 4.53. The van der Waals surface area contributed by atoms with Crippen molar-refractivity contribution in [3.05, 3.63) is 34.3 Å². The number of carbonyl (C=O) groups is 1. The van der Waals surface area contributed by atoms with Crippen molar-refractivity contribution in [2.45, 2.75) is 18.4 Å². The molecule has 1 fully saturated rings. The molecule has 15 heavy (non-hydrogen) atoms. The fourth-order valence-corrected chi connectivity index (χ4v) is 2.21. The molecule has 3 nitrogen and oxygen atoms in total. The molecule has 1 aliphatic carbocycles. The standard InChI is InChI=1S/C11H8BrNO2/c12-9-3-1-2-8(4-9)11(13-7-14)5-10(15)6-11/h1-4H,5-6H2. The van der Waals surface area contributed by atoms with Gasteiger partial charge in [0.1, 0.15) is 11.3 Å². The van der Waals surface area contributed by atoms with Crippen molar-refractivity contribution in [1.82, 2.24) is 0 Å². The van der Waals surface area contributed by atoms with Gasteiger partial charge in [-0.3, -0.25) is 4.79 Å². The van der Waals surface area contributed by atoms with Crippen LogP contribution in [-0.4, -0.2) is 11.9 Å². The second-order valence-electron chi connectivity index (χ2n) is 3.64. The zero-order valence-electron chi connectivity index (χ0n) is 7.87. The molecule has 1 saturated carbocycles. The van der Waals surface area contributed by atoms with Crippen molar-refractivity contribution in [2.75, 3.05) is 0 Å². The summed E-state index contributed by atoms with van der Waals surface area (Å²) < 4.78 is 0.917. The maximum Gasteiger partial charge on any atom is 0.235 e. The van der Waals surface area contributed by atoms with Gasteiger partial charge in [-0.15, -0.1) is 0 Å². The molecule has 0 aliphatic heterocycles. The molecule has 0 saturated heterocycles. The highest BCUT2D eigenvalue weighted by Gasteiger charge is 2.45. The number of benzene rings is 1. The van der Waals surface area contributed by atoms with Crippen molar-refractivity contribution in [3.8, 4) is 0 Å². The maximum absolute atomic E-state index is 11.0. The Kier molecular flexibility index (Phi) is 2.55.